The van der Waals surface area contributed by atoms with Gasteiger partial charge in [0.2, 0.25) is 0 Å². The van der Waals surface area contributed by atoms with Gasteiger partial charge in [-0.3, -0.25) is 0 Å². The van der Waals surface area contributed by atoms with Crippen LogP contribution in [0, 0.1) is 17.5 Å². The minimum Gasteiger partial charge on any atom is -0.462 e. The summed E-state index contributed by atoms with van der Waals surface area (Å²) in [5.74, 6) is -6.86. The molecule has 0 aliphatic heterocycles. The number of rotatable bonds is 7. The molecule has 0 fully saturated rings. The van der Waals surface area contributed by atoms with Gasteiger partial charge in [-0.25, -0.2) is 22.8 Å². The van der Waals surface area contributed by atoms with Crippen molar-refractivity contribution >= 4 is 17.5 Å². The van der Waals surface area contributed by atoms with E-state index in [0.29, 0.717) is 17.2 Å². The summed E-state index contributed by atoms with van der Waals surface area (Å²) in [4.78, 5) is 24.8. The zero-order chi connectivity index (χ0) is 24.0. The molecule has 4 nitrogen and oxygen atoms in total. The highest BCUT2D eigenvalue weighted by Crippen LogP contribution is 2.32. The van der Waals surface area contributed by atoms with Crippen molar-refractivity contribution in [3.63, 3.8) is 0 Å². The zero-order valence-corrected chi connectivity index (χ0v) is 18.0. The number of hydrogen-bond acceptors (Lipinski definition) is 4. The minimum atomic E-state index is -1.68. The second-order valence-corrected chi connectivity index (χ2v) is 6.94. The van der Waals surface area contributed by atoms with Gasteiger partial charge in [0.05, 0.1) is 17.7 Å². The third-order valence-electron chi connectivity index (χ3n) is 4.86. The van der Waals surface area contributed by atoms with E-state index in [0.717, 1.165) is 6.08 Å². The number of ether oxygens (including phenoxy) is 2. The summed E-state index contributed by atoms with van der Waals surface area (Å²) in [6.07, 6.45) is 0.255. The molecule has 7 heteroatoms. The maximum atomic E-state index is 14.8. The van der Waals surface area contributed by atoms with Gasteiger partial charge in [0.25, 0.3) is 0 Å². The Morgan fingerprint density at radius 2 is 1.45 bits per heavy atom. The van der Waals surface area contributed by atoms with Crippen LogP contribution in [0.4, 0.5) is 13.2 Å². The first-order valence-corrected chi connectivity index (χ1v) is 10.2. The molecule has 3 aromatic rings. The van der Waals surface area contributed by atoms with E-state index in [4.69, 9.17) is 4.74 Å². The van der Waals surface area contributed by atoms with Crippen molar-refractivity contribution in [3.8, 4) is 0 Å². The van der Waals surface area contributed by atoms with Gasteiger partial charge in [-0.05, 0) is 31.0 Å². The van der Waals surface area contributed by atoms with Crippen molar-refractivity contribution in [3.05, 3.63) is 113 Å². The van der Waals surface area contributed by atoms with Gasteiger partial charge in [0.15, 0.2) is 17.7 Å². The molecule has 0 atom stereocenters. The molecule has 0 radical (unpaired) electrons. The van der Waals surface area contributed by atoms with Crippen LogP contribution in [0.2, 0.25) is 0 Å². The molecule has 0 amide bonds. The minimum absolute atomic E-state index is 0.101. The molecule has 0 saturated carbocycles. The van der Waals surface area contributed by atoms with Gasteiger partial charge in [-0.1, -0.05) is 66.7 Å². The fourth-order valence-electron chi connectivity index (χ4n) is 3.32. The van der Waals surface area contributed by atoms with Crippen LogP contribution in [0.15, 0.2) is 72.8 Å². The van der Waals surface area contributed by atoms with E-state index in [1.165, 1.54) is 13.8 Å². The van der Waals surface area contributed by atoms with E-state index in [9.17, 15) is 22.8 Å². The summed E-state index contributed by atoms with van der Waals surface area (Å²) in [5.41, 5.74) is -1.07. The fraction of sp³-hybridized carbons (Fsp3) is 0.154. The third kappa shape index (κ3) is 5.14. The van der Waals surface area contributed by atoms with E-state index < -0.39 is 52.2 Å². The van der Waals surface area contributed by atoms with Crippen molar-refractivity contribution in [1.82, 2.24) is 0 Å². The summed E-state index contributed by atoms with van der Waals surface area (Å²) in [7, 11) is 0. The highest BCUT2D eigenvalue weighted by molar-refractivity contribution is 6.16. The maximum Gasteiger partial charge on any atom is 0.341 e. The monoisotopic (exact) mass is 454 g/mol. The second kappa shape index (κ2) is 10.6. The molecular formula is C26H21F3O4. The number of allylic oxidation sites excluding steroid dienone is 1. The van der Waals surface area contributed by atoms with E-state index in [1.807, 2.05) is 0 Å². The van der Waals surface area contributed by atoms with E-state index in [1.54, 1.807) is 60.7 Å². The Morgan fingerprint density at radius 1 is 0.909 bits per heavy atom. The van der Waals surface area contributed by atoms with Crippen LogP contribution >= 0.6 is 0 Å². The number of hydrogen-bond donors (Lipinski definition) is 0. The van der Waals surface area contributed by atoms with Crippen molar-refractivity contribution in [2.24, 2.45) is 0 Å². The maximum absolute atomic E-state index is 14.8. The van der Waals surface area contributed by atoms with E-state index in [2.05, 4.69) is 4.74 Å². The Balaban J connectivity index is 2.00. The van der Waals surface area contributed by atoms with Crippen LogP contribution in [0.3, 0.4) is 0 Å². The molecule has 0 saturated heterocycles. The van der Waals surface area contributed by atoms with Crippen LogP contribution in [-0.2, 0) is 14.3 Å². The first-order chi connectivity index (χ1) is 15.9. The normalized spacial score (nSPS) is 11.4. The number of carbonyl (C=O) groups is 2. The molecule has 0 bridgehead atoms. The van der Waals surface area contributed by atoms with Crippen LogP contribution in [0.5, 0.6) is 0 Å². The Kier molecular flexibility index (Phi) is 7.66. The van der Waals surface area contributed by atoms with Crippen molar-refractivity contribution in [2.45, 2.75) is 20.0 Å². The van der Waals surface area contributed by atoms with Crippen LogP contribution in [0.25, 0.3) is 5.57 Å². The lowest BCUT2D eigenvalue weighted by molar-refractivity contribution is -0.140. The van der Waals surface area contributed by atoms with Crippen LogP contribution in [0.1, 0.15) is 47.0 Å². The molecule has 170 valence electrons. The quantitative estimate of drug-likeness (QED) is 0.249. The molecule has 0 N–H and O–H groups in total. The summed E-state index contributed by atoms with van der Waals surface area (Å²) in [6, 6.07) is 18.1. The summed E-state index contributed by atoms with van der Waals surface area (Å²) in [6.45, 7) is 2.74. The SMILES string of the molecule is C/C=C(/C(=O)OC(c1ccccc1)c1ccccc1)c1c(F)cc(C(=O)OCC)c(F)c1F. The lowest BCUT2D eigenvalue weighted by atomic mass is 9.99. The third-order valence-corrected chi connectivity index (χ3v) is 4.86. The Morgan fingerprint density at radius 3 is 1.94 bits per heavy atom. The summed E-state index contributed by atoms with van der Waals surface area (Å²) < 4.78 is 54.5. The first-order valence-electron chi connectivity index (χ1n) is 10.2. The topological polar surface area (TPSA) is 52.6 Å². The van der Waals surface area contributed by atoms with E-state index >= 15 is 0 Å². The van der Waals surface area contributed by atoms with E-state index in [-0.39, 0.29) is 6.61 Å². The van der Waals surface area contributed by atoms with Gasteiger partial charge in [0.1, 0.15) is 11.4 Å². The van der Waals surface area contributed by atoms with Gasteiger partial charge in [-0.2, -0.15) is 0 Å². The molecule has 0 heterocycles. The number of benzene rings is 3. The number of halogens is 3. The Hall–Kier alpha value is -3.87. The molecule has 3 rings (SSSR count). The van der Waals surface area contributed by atoms with Gasteiger partial charge in [0, 0.05) is 0 Å². The average molecular weight is 454 g/mol. The van der Waals surface area contributed by atoms with Gasteiger partial charge in [-0.15, -0.1) is 0 Å². The fourth-order valence-corrected chi connectivity index (χ4v) is 3.32. The molecule has 0 unspecified atom stereocenters. The molecule has 3 aromatic carbocycles. The lowest BCUT2D eigenvalue weighted by Gasteiger charge is -2.20. The molecule has 0 aromatic heterocycles. The van der Waals surface area contributed by atoms with Crippen LogP contribution in [-0.4, -0.2) is 18.5 Å². The molecule has 0 aliphatic carbocycles. The standard InChI is InChI=1S/C26H21F3O4/c1-3-18(21-20(27)15-19(22(28)23(21)29)25(30)32-4-2)26(31)33-24(16-11-7-5-8-12-16)17-13-9-6-10-14-17/h3,5-15,24H,4H2,1-2H3/b18-3+. The Bertz CT molecular complexity index is 1140. The molecular weight excluding hydrogens is 433 g/mol. The van der Waals surface area contributed by atoms with Crippen molar-refractivity contribution in [2.75, 3.05) is 6.61 Å². The second-order valence-electron chi connectivity index (χ2n) is 6.94. The van der Waals surface area contributed by atoms with Crippen molar-refractivity contribution in [1.29, 1.82) is 0 Å². The zero-order valence-electron chi connectivity index (χ0n) is 18.0. The summed E-state index contributed by atoms with van der Waals surface area (Å²) >= 11 is 0. The number of esters is 2. The molecule has 33 heavy (non-hydrogen) atoms. The van der Waals surface area contributed by atoms with Gasteiger partial charge < -0.3 is 9.47 Å². The van der Waals surface area contributed by atoms with Crippen LogP contribution < -0.4 is 0 Å². The average Bonchev–Trinajstić information content (AvgIpc) is 2.83. The predicted octanol–water partition coefficient (Wildman–Crippen LogP) is 6.02. The lowest BCUT2D eigenvalue weighted by Crippen LogP contribution is -2.17. The predicted molar refractivity (Wildman–Crippen MR) is 117 cm³/mol. The summed E-state index contributed by atoms with van der Waals surface area (Å²) in [5, 5.41) is 0. The number of carbonyl (C=O) groups excluding carboxylic acids is 2. The van der Waals surface area contributed by atoms with Crippen molar-refractivity contribution < 1.29 is 32.2 Å². The first kappa shape index (κ1) is 23.8. The largest absolute Gasteiger partial charge is 0.462 e. The highest BCUT2D eigenvalue weighted by atomic mass is 19.2. The highest BCUT2D eigenvalue weighted by Gasteiger charge is 2.30. The Labute approximate surface area is 189 Å². The molecule has 0 spiro atoms. The smallest absolute Gasteiger partial charge is 0.341 e. The molecule has 0 aliphatic rings. The van der Waals surface area contributed by atoms with Gasteiger partial charge >= 0.3 is 11.9 Å².